The molecule has 1 atom stereocenters. The van der Waals surface area contributed by atoms with Crippen LogP contribution in [0.25, 0.3) is 0 Å². The Bertz CT molecular complexity index is 378. The lowest BCUT2D eigenvalue weighted by Gasteiger charge is -2.23. The van der Waals surface area contributed by atoms with Crippen molar-refractivity contribution in [1.82, 2.24) is 15.1 Å². The van der Waals surface area contributed by atoms with Gasteiger partial charge in [0.15, 0.2) is 0 Å². The van der Waals surface area contributed by atoms with E-state index in [2.05, 4.69) is 48.1 Å². The fourth-order valence-electron chi connectivity index (χ4n) is 2.77. The summed E-state index contributed by atoms with van der Waals surface area (Å²) in [7, 11) is 0. The van der Waals surface area contributed by atoms with Crippen LogP contribution >= 0.6 is 0 Å². The zero-order valence-corrected chi connectivity index (χ0v) is 12.5. The average Bonchev–Trinajstić information content (AvgIpc) is 3.01. The van der Waals surface area contributed by atoms with Gasteiger partial charge in [-0.3, -0.25) is 4.68 Å². The summed E-state index contributed by atoms with van der Waals surface area (Å²) in [6.45, 7) is 9.26. The van der Waals surface area contributed by atoms with Crippen molar-refractivity contribution in [1.29, 1.82) is 0 Å². The second-order valence-electron chi connectivity index (χ2n) is 5.76. The lowest BCUT2D eigenvalue weighted by atomic mass is 10.0. The van der Waals surface area contributed by atoms with E-state index in [0.717, 1.165) is 44.7 Å². The van der Waals surface area contributed by atoms with Crippen LogP contribution in [-0.2, 0) is 11.3 Å². The fraction of sp³-hybridized carbons (Fsp3) is 0.800. The number of hydrogen-bond acceptors (Lipinski definition) is 3. The van der Waals surface area contributed by atoms with Crippen LogP contribution in [0.15, 0.2) is 12.3 Å². The summed E-state index contributed by atoms with van der Waals surface area (Å²) in [6, 6.07) is 2.65. The van der Waals surface area contributed by atoms with E-state index in [-0.39, 0.29) is 5.60 Å². The number of rotatable bonds is 7. The molecule has 1 N–H and O–H groups in total. The van der Waals surface area contributed by atoms with E-state index in [0.29, 0.717) is 6.04 Å². The quantitative estimate of drug-likeness (QED) is 0.824. The summed E-state index contributed by atoms with van der Waals surface area (Å²) >= 11 is 0. The molecule has 2 rings (SSSR count). The molecule has 108 valence electrons. The highest BCUT2D eigenvalue weighted by Gasteiger charge is 2.29. The van der Waals surface area contributed by atoms with Crippen LogP contribution in [0, 0.1) is 0 Å². The SMILES string of the molecule is CCC(CC)n1ccc(CNCC2(C)CCCO2)n1. The number of hydrogen-bond donors (Lipinski definition) is 1. The maximum atomic E-state index is 5.77. The van der Waals surface area contributed by atoms with Crippen LogP contribution in [-0.4, -0.2) is 28.5 Å². The number of aromatic nitrogens is 2. The maximum Gasteiger partial charge on any atom is 0.0779 e. The first-order valence-corrected chi connectivity index (χ1v) is 7.55. The van der Waals surface area contributed by atoms with Crippen molar-refractivity contribution in [2.75, 3.05) is 13.2 Å². The van der Waals surface area contributed by atoms with Gasteiger partial charge in [-0.1, -0.05) is 13.8 Å². The van der Waals surface area contributed by atoms with Crippen LogP contribution in [0.1, 0.15) is 58.2 Å². The van der Waals surface area contributed by atoms with Crippen molar-refractivity contribution >= 4 is 0 Å². The molecule has 0 spiro atoms. The third-order valence-electron chi connectivity index (χ3n) is 4.09. The van der Waals surface area contributed by atoms with Gasteiger partial charge < -0.3 is 10.1 Å². The van der Waals surface area contributed by atoms with Gasteiger partial charge in [0.25, 0.3) is 0 Å². The van der Waals surface area contributed by atoms with Crippen LogP contribution in [0.2, 0.25) is 0 Å². The summed E-state index contributed by atoms with van der Waals surface area (Å²) in [5.41, 5.74) is 1.14. The Morgan fingerprint density at radius 2 is 2.26 bits per heavy atom. The van der Waals surface area contributed by atoms with Crippen molar-refractivity contribution in [2.45, 2.75) is 64.6 Å². The Morgan fingerprint density at radius 1 is 1.47 bits per heavy atom. The van der Waals surface area contributed by atoms with Gasteiger partial charge in [-0.15, -0.1) is 0 Å². The summed E-state index contributed by atoms with van der Waals surface area (Å²) in [6.07, 6.45) is 6.71. The predicted molar refractivity (Wildman–Crippen MR) is 77.1 cm³/mol. The van der Waals surface area contributed by atoms with Crippen molar-refractivity contribution in [3.05, 3.63) is 18.0 Å². The van der Waals surface area contributed by atoms with Gasteiger partial charge in [0.2, 0.25) is 0 Å². The highest BCUT2D eigenvalue weighted by atomic mass is 16.5. The van der Waals surface area contributed by atoms with Crippen LogP contribution in [0.4, 0.5) is 0 Å². The minimum atomic E-state index is 0.0257. The third-order valence-corrected chi connectivity index (χ3v) is 4.09. The summed E-state index contributed by atoms with van der Waals surface area (Å²) in [5, 5.41) is 8.12. The molecule has 1 saturated heterocycles. The van der Waals surface area contributed by atoms with Crippen molar-refractivity contribution < 1.29 is 4.74 Å². The van der Waals surface area contributed by atoms with E-state index in [1.807, 2.05) is 0 Å². The predicted octanol–water partition coefficient (Wildman–Crippen LogP) is 2.90. The van der Waals surface area contributed by atoms with Gasteiger partial charge in [-0.05, 0) is 38.7 Å². The van der Waals surface area contributed by atoms with Gasteiger partial charge in [-0.2, -0.15) is 5.10 Å². The molecule has 19 heavy (non-hydrogen) atoms. The average molecular weight is 265 g/mol. The normalized spacial score (nSPS) is 23.4. The largest absolute Gasteiger partial charge is 0.374 e. The first-order valence-electron chi connectivity index (χ1n) is 7.55. The molecule has 1 fully saturated rings. The standard InChI is InChI=1S/C15H27N3O/c1-4-14(5-2)18-9-7-13(17-18)11-16-12-15(3)8-6-10-19-15/h7,9,14,16H,4-6,8,10-12H2,1-3H3. The number of ether oxygens (including phenoxy) is 1. The highest BCUT2D eigenvalue weighted by Crippen LogP contribution is 2.24. The molecule has 1 aliphatic rings. The Kier molecular flexibility index (Phi) is 4.99. The van der Waals surface area contributed by atoms with E-state index in [4.69, 9.17) is 4.74 Å². The van der Waals surface area contributed by atoms with Crippen molar-refractivity contribution in [3.63, 3.8) is 0 Å². The zero-order chi connectivity index (χ0) is 13.7. The molecule has 0 aliphatic carbocycles. The molecule has 1 aromatic heterocycles. The lowest BCUT2D eigenvalue weighted by Crippen LogP contribution is -2.36. The van der Waals surface area contributed by atoms with Gasteiger partial charge >= 0.3 is 0 Å². The molecule has 2 heterocycles. The van der Waals surface area contributed by atoms with Crippen LogP contribution < -0.4 is 5.32 Å². The molecule has 0 aromatic carbocycles. The Morgan fingerprint density at radius 3 is 2.89 bits per heavy atom. The Labute approximate surface area is 116 Å². The molecular weight excluding hydrogens is 238 g/mol. The molecule has 4 nitrogen and oxygen atoms in total. The molecular formula is C15H27N3O. The minimum absolute atomic E-state index is 0.0257. The molecule has 0 saturated carbocycles. The van der Waals surface area contributed by atoms with Gasteiger partial charge in [-0.25, -0.2) is 0 Å². The summed E-state index contributed by atoms with van der Waals surface area (Å²) in [4.78, 5) is 0. The number of nitrogens with one attached hydrogen (secondary N) is 1. The zero-order valence-electron chi connectivity index (χ0n) is 12.5. The monoisotopic (exact) mass is 265 g/mol. The van der Waals surface area contributed by atoms with E-state index < -0.39 is 0 Å². The second kappa shape index (κ2) is 6.53. The summed E-state index contributed by atoms with van der Waals surface area (Å²) < 4.78 is 7.87. The van der Waals surface area contributed by atoms with Gasteiger partial charge in [0.1, 0.15) is 0 Å². The molecule has 1 aliphatic heterocycles. The summed E-state index contributed by atoms with van der Waals surface area (Å²) in [5.74, 6) is 0. The maximum absolute atomic E-state index is 5.77. The van der Waals surface area contributed by atoms with Gasteiger partial charge in [0.05, 0.1) is 17.3 Å². The smallest absolute Gasteiger partial charge is 0.0779 e. The molecule has 0 bridgehead atoms. The van der Waals surface area contributed by atoms with E-state index in [1.54, 1.807) is 0 Å². The van der Waals surface area contributed by atoms with Crippen molar-refractivity contribution in [2.24, 2.45) is 0 Å². The lowest BCUT2D eigenvalue weighted by molar-refractivity contribution is 0.0206. The van der Waals surface area contributed by atoms with Crippen LogP contribution in [0.3, 0.4) is 0 Å². The van der Waals surface area contributed by atoms with Gasteiger partial charge in [0, 0.05) is 25.9 Å². The first-order chi connectivity index (χ1) is 9.17. The third kappa shape index (κ3) is 3.80. The fourth-order valence-corrected chi connectivity index (χ4v) is 2.77. The second-order valence-corrected chi connectivity index (χ2v) is 5.76. The molecule has 1 aromatic rings. The molecule has 1 unspecified atom stereocenters. The molecule has 0 radical (unpaired) electrons. The first kappa shape index (κ1) is 14.5. The molecule has 4 heteroatoms. The topological polar surface area (TPSA) is 39.1 Å². The van der Waals surface area contributed by atoms with Crippen molar-refractivity contribution in [3.8, 4) is 0 Å². The Balaban J connectivity index is 1.80. The molecule has 0 amide bonds. The number of nitrogens with zero attached hydrogens (tertiary/aromatic N) is 2. The minimum Gasteiger partial charge on any atom is -0.374 e. The highest BCUT2D eigenvalue weighted by molar-refractivity contribution is 5.00. The van der Waals surface area contributed by atoms with Crippen LogP contribution in [0.5, 0.6) is 0 Å². The Hall–Kier alpha value is -0.870. The van der Waals surface area contributed by atoms with E-state index in [9.17, 15) is 0 Å². The van der Waals surface area contributed by atoms with E-state index >= 15 is 0 Å². The van der Waals surface area contributed by atoms with E-state index in [1.165, 1.54) is 6.42 Å².